The normalized spacial score (nSPS) is 18.4. The van der Waals surface area contributed by atoms with Crippen LogP contribution in [0.1, 0.15) is 43.4 Å². The fraction of sp³-hybridized carbons (Fsp3) is 0.588. The van der Waals surface area contributed by atoms with Crippen molar-refractivity contribution in [2.45, 2.75) is 37.6 Å². The van der Waals surface area contributed by atoms with Crippen molar-refractivity contribution >= 4 is 17.6 Å². The van der Waals surface area contributed by atoms with Crippen LogP contribution in [0.4, 0.5) is 0 Å². The lowest BCUT2D eigenvalue weighted by Gasteiger charge is -2.36. The molecule has 1 atom stereocenters. The molecule has 1 aromatic carbocycles. The number of hydrogen-bond donors (Lipinski definition) is 2. The van der Waals surface area contributed by atoms with Crippen LogP contribution in [0.25, 0.3) is 0 Å². The van der Waals surface area contributed by atoms with Gasteiger partial charge in [0.05, 0.1) is 19.6 Å². The summed E-state index contributed by atoms with van der Waals surface area (Å²) < 4.78 is 10.3. The molecule has 6 heteroatoms. The van der Waals surface area contributed by atoms with E-state index in [1.165, 1.54) is 0 Å². The summed E-state index contributed by atoms with van der Waals surface area (Å²) in [5.41, 5.74) is 7.50. The lowest BCUT2D eigenvalue weighted by atomic mass is 9.74. The number of carbonyl (C=O) groups excluding carboxylic acids is 1. The molecule has 0 radical (unpaired) electrons. The molecule has 5 nitrogen and oxygen atoms in total. The molecule has 0 saturated carbocycles. The summed E-state index contributed by atoms with van der Waals surface area (Å²) in [6.07, 6.45) is 1.57. The van der Waals surface area contributed by atoms with E-state index >= 15 is 0 Å². The third-order valence-corrected chi connectivity index (χ3v) is 4.62. The van der Waals surface area contributed by atoms with E-state index in [4.69, 9.17) is 26.8 Å². The minimum absolute atomic E-state index is 0.0310. The maximum absolute atomic E-state index is 11.6. The average molecular weight is 342 g/mol. The van der Waals surface area contributed by atoms with Gasteiger partial charge in [0.1, 0.15) is 0 Å². The summed E-state index contributed by atoms with van der Waals surface area (Å²) in [4.78, 5) is 11.6. The van der Waals surface area contributed by atoms with Gasteiger partial charge in [-0.05, 0) is 43.0 Å². The Hall–Kier alpha value is -1.14. The van der Waals surface area contributed by atoms with E-state index in [2.05, 4.69) is 0 Å². The van der Waals surface area contributed by atoms with Crippen LogP contribution >= 0.6 is 11.6 Å². The van der Waals surface area contributed by atoms with Gasteiger partial charge in [-0.2, -0.15) is 0 Å². The highest BCUT2D eigenvalue weighted by Crippen LogP contribution is 2.37. The van der Waals surface area contributed by atoms with Gasteiger partial charge in [0.15, 0.2) is 0 Å². The van der Waals surface area contributed by atoms with Crippen molar-refractivity contribution in [3.63, 3.8) is 0 Å². The third-order valence-electron chi connectivity index (χ3n) is 4.41. The molecule has 2 rings (SSSR count). The lowest BCUT2D eigenvalue weighted by molar-refractivity contribution is -0.143. The van der Waals surface area contributed by atoms with E-state index in [1.54, 1.807) is 13.0 Å². The van der Waals surface area contributed by atoms with Crippen molar-refractivity contribution in [1.29, 1.82) is 0 Å². The number of halogens is 1. The van der Waals surface area contributed by atoms with E-state index in [1.807, 2.05) is 12.1 Å². The van der Waals surface area contributed by atoms with Crippen LogP contribution < -0.4 is 5.73 Å². The van der Waals surface area contributed by atoms with Crippen LogP contribution in [-0.4, -0.2) is 37.5 Å². The van der Waals surface area contributed by atoms with Crippen molar-refractivity contribution < 1.29 is 19.4 Å². The zero-order chi connectivity index (χ0) is 16.9. The Morgan fingerprint density at radius 1 is 1.43 bits per heavy atom. The molecule has 1 heterocycles. The first-order valence-corrected chi connectivity index (χ1v) is 8.29. The Labute approximate surface area is 141 Å². The second-order valence-electron chi connectivity index (χ2n) is 5.94. The van der Waals surface area contributed by atoms with Gasteiger partial charge >= 0.3 is 5.97 Å². The minimum atomic E-state index is -0.484. The van der Waals surface area contributed by atoms with Gasteiger partial charge in [0.2, 0.25) is 0 Å². The molecule has 1 aromatic rings. The summed E-state index contributed by atoms with van der Waals surface area (Å²) in [7, 11) is 0. The topological polar surface area (TPSA) is 81.8 Å². The summed E-state index contributed by atoms with van der Waals surface area (Å²) in [6.45, 7) is 3.34. The molecule has 128 valence electrons. The molecule has 1 unspecified atom stereocenters. The summed E-state index contributed by atoms with van der Waals surface area (Å²) in [6, 6.07) is 5.09. The SMILES string of the molecule is CCOC(=O)CC(N)c1cc(Cl)cc(C2(CO)CCOCC2)c1. The number of nitrogens with two attached hydrogens (primary N) is 1. The maximum atomic E-state index is 11.6. The Kier molecular flexibility index (Phi) is 6.41. The van der Waals surface area contributed by atoms with Gasteiger partial charge in [0.25, 0.3) is 0 Å². The Morgan fingerprint density at radius 2 is 2.13 bits per heavy atom. The molecular formula is C17H24ClNO4. The van der Waals surface area contributed by atoms with Crippen LogP contribution in [0.3, 0.4) is 0 Å². The molecule has 3 N–H and O–H groups in total. The fourth-order valence-electron chi connectivity index (χ4n) is 2.95. The van der Waals surface area contributed by atoms with Crippen molar-refractivity contribution in [3.05, 3.63) is 34.3 Å². The molecule has 0 amide bonds. The standard InChI is InChI=1S/C17H24ClNO4/c1-2-23-16(21)10-15(19)12-7-13(9-14(18)8-12)17(11-20)3-5-22-6-4-17/h7-9,15,20H,2-6,10-11,19H2,1H3. The quantitative estimate of drug-likeness (QED) is 0.776. The molecule has 0 bridgehead atoms. The molecular weight excluding hydrogens is 318 g/mol. The first-order valence-electron chi connectivity index (χ1n) is 7.91. The average Bonchev–Trinajstić information content (AvgIpc) is 2.55. The summed E-state index contributed by atoms with van der Waals surface area (Å²) in [5.74, 6) is -0.329. The minimum Gasteiger partial charge on any atom is -0.466 e. The van der Waals surface area contributed by atoms with E-state index in [0.29, 0.717) is 24.8 Å². The number of carbonyl (C=O) groups is 1. The number of aliphatic hydroxyl groups excluding tert-OH is 1. The molecule has 0 aromatic heterocycles. The van der Waals surface area contributed by atoms with Crippen LogP contribution in [-0.2, 0) is 19.7 Å². The summed E-state index contributed by atoms with van der Waals surface area (Å²) >= 11 is 6.25. The number of aliphatic hydroxyl groups is 1. The zero-order valence-electron chi connectivity index (χ0n) is 13.4. The second-order valence-corrected chi connectivity index (χ2v) is 6.38. The molecule has 0 spiro atoms. The first-order chi connectivity index (χ1) is 11.0. The van der Waals surface area contributed by atoms with Gasteiger partial charge in [-0.15, -0.1) is 0 Å². The van der Waals surface area contributed by atoms with Gasteiger partial charge < -0.3 is 20.3 Å². The molecule has 0 aliphatic carbocycles. The monoisotopic (exact) mass is 341 g/mol. The second kappa shape index (κ2) is 8.11. The van der Waals surface area contributed by atoms with Crippen LogP contribution in [0.15, 0.2) is 18.2 Å². The smallest absolute Gasteiger partial charge is 0.307 e. The van der Waals surface area contributed by atoms with E-state index in [9.17, 15) is 9.90 Å². The number of hydrogen-bond acceptors (Lipinski definition) is 5. The highest BCUT2D eigenvalue weighted by molar-refractivity contribution is 6.30. The number of ether oxygens (including phenoxy) is 2. The summed E-state index contributed by atoms with van der Waals surface area (Å²) in [5, 5.41) is 10.5. The van der Waals surface area contributed by atoms with Crippen LogP contribution in [0.5, 0.6) is 0 Å². The Bertz CT molecular complexity index is 543. The van der Waals surface area contributed by atoms with Crippen molar-refractivity contribution in [3.8, 4) is 0 Å². The predicted octanol–water partition coefficient (Wildman–Crippen LogP) is 2.33. The fourth-order valence-corrected chi connectivity index (χ4v) is 3.19. The largest absolute Gasteiger partial charge is 0.466 e. The molecule has 1 saturated heterocycles. The molecule has 1 fully saturated rings. The molecule has 1 aliphatic rings. The van der Waals surface area contributed by atoms with E-state index < -0.39 is 6.04 Å². The van der Waals surface area contributed by atoms with Gasteiger partial charge in [-0.3, -0.25) is 4.79 Å². The van der Waals surface area contributed by atoms with E-state index in [0.717, 1.165) is 24.0 Å². The number of esters is 1. The Morgan fingerprint density at radius 3 is 2.74 bits per heavy atom. The Balaban J connectivity index is 2.25. The number of rotatable bonds is 6. The molecule has 23 heavy (non-hydrogen) atoms. The van der Waals surface area contributed by atoms with Gasteiger partial charge in [-0.1, -0.05) is 17.7 Å². The van der Waals surface area contributed by atoms with Crippen molar-refractivity contribution in [2.24, 2.45) is 5.73 Å². The highest BCUT2D eigenvalue weighted by Gasteiger charge is 2.34. The van der Waals surface area contributed by atoms with E-state index in [-0.39, 0.29) is 24.4 Å². The van der Waals surface area contributed by atoms with Crippen molar-refractivity contribution in [1.82, 2.24) is 0 Å². The third kappa shape index (κ3) is 4.44. The van der Waals surface area contributed by atoms with Crippen molar-refractivity contribution in [2.75, 3.05) is 26.4 Å². The highest BCUT2D eigenvalue weighted by atomic mass is 35.5. The predicted molar refractivity (Wildman–Crippen MR) is 88.4 cm³/mol. The van der Waals surface area contributed by atoms with Gasteiger partial charge in [-0.25, -0.2) is 0 Å². The first kappa shape index (κ1) is 18.2. The van der Waals surface area contributed by atoms with Gasteiger partial charge in [0, 0.05) is 29.7 Å². The number of benzene rings is 1. The maximum Gasteiger partial charge on any atom is 0.307 e. The zero-order valence-corrected chi connectivity index (χ0v) is 14.1. The molecule has 1 aliphatic heterocycles. The lowest BCUT2D eigenvalue weighted by Crippen LogP contribution is -2.37. The van der Waals surface area contributed by atoms with Crippen LogP contribution in [0.2, 0.25) is 5.02 Å². The van der Waals surface area contributed by atoms with Crippen LogP contribution in [0, 0.1) is 0 Å².